The van der Waals surface area contributed by atoms with E-state index in [1.54, 1.807) is 7.11 Å². The van der Waals surface area contributed by atoms with E-state index in [0.717, 1.165) is 19.6 Å². The van der Waals surface area contributed by atoms with Gasteiger partial charge in [-0.15, -0.1) is 0 Å². The second kappa shape index (κ2) is 12.3. The van der Waals surface area contributed by atoms with Crippen molar-refractivity contribution in [2.24, 2.45) is 11.7 Å². The van der Waals surface area contributed by atoms with Gasteiger partial charge in [-0.2, -0.15) is 0 Å². The molecule has 0 aliphatic carbocycles. The molecule has 0 rings (SSSR count). The SMILES string of the molecule is CCN(CCOCCOCCOC)CC(C)C(=N)N. The maximum Gasteiger partial charge on any atom is 0.0947 e. The van der Waals surface area contributed by atoms with Gasteiger partial charge in [0.05, 0.1) is 38.9 Å². The number of nitrogens with one attached hydrogen (secondary N) is 1. The number of nitrogens with zero attached hydrogens (tertiary/aromatic N) is 1. The summed E-state index contributed by atoms with van der Waals surface area (Å²) in [5, 5.41) is 7.39. The number of hydrogen-bond donors (Lipinski definition) is 2. The maximum absolute atomic E-state index is 7.39. The summed E-state index contributed by atoms with van der Waals surface area (Å²) in [6.45, 7) is 9.76. The second-order valence-corrected chi connectivity index (χ2v) is 4.47. The van der Waals surface area contributed by atoms with Crippen molar-refractivity contribution in [3.63, 3.8) is 0 Å². The van der Waals surface area contributed by atoms with Gasteiger partial charge >= 0.3 is 0 Å². The van der Waals surface area contributed by atoms with Gasteiger partial charge in [-0.3, -0.25) is 5.41 Å². The van der Waals surface area contributed by atoms with Crippen LogP contribution in [0.5, 0.6) is 0 Å². The van der Waals surface area contributed by atoms with E-state index < -0.39 is 0 Å². The number of ether oxygens (including phenoxy) is 3. The normalized spacial score (nSPS) is 12.8. The molecule has 0 aliphatic rings. The summed E-state index contributed by atoms with van der Waals surface area (Å²) in [5.41, 5.74) is 5.47. The molecule has 0 fully saturated rings. The number of nitrogens with two attached hydrogens (primary N) is 1. The monoisotopic (exact) mass is 275 g/mol. The van der Waals surface area contributed by atoms with Crippen LogP contribution in [0.1, 0.15) is 13.8 Å². The van der Waals surface area contributed by atoms with E-state index in [2.05, 4.69) is 11.8 Å². The van der Waals surface area contributed by atoms with Gasteiger partial charge in [-0.05, 0) is 6.54 Å². The maximum atomic E-state index is 7.39. The van der Waals surface area contributed by atoms with Crippen molar-refractivity contribution >= 4 is 5.84 Å². The molecule has 0 saturated heterocycles. The molecule has 1 atom stereocenters. The molecule has 0 heterocycles. The number of hydrogen-bond acceptors (Lipinski definition) is 5. The molecule has 0 aromatic heterocycles. The molecule has 1 unspecified atom stereocenters. The lowest BCUT2D eigenvalue weighted by Gasteiger charge is -2.23. The summed E-state index contributed by atoms with van der Waals surface area (Å²) < 4.78 is 15.7. The van der Waals surface area contributed by atoms with Crippen molar-refractivity contribution in [2.75, 3.05) is 59.8 Å². The molecule has 0 radical (unpaired) electrons. The highest BCUT2D eigenvalue weighted by molar-refractivity contribution is 5.79. The Bertz CT molecular complexity index is 227. The third-order valence-corrected chi connectivity index (χ3v) is 2.87. The predicted molar refractivity (Wildman–Crippen MR) is 76.7 cm³/mol. The lowest BCUT2D eigenvalue weighted by atomic mass is 10.1. The Kier molecular flexibility index (Phi) is 11.9. The fraction of sp³-hybridized carbons (Fsp3) is 0.923. The third kappa shape index (κ3) is 10.9. The minimum absolute atomic E-state index is 0.0947. The molecule has 0 aromatic rings. The van der Waals surface area contributed by atoms with E-state index in [1.165, 1.54) is 0 Å². The van der Waals surface area contributed by atoms with Crippen molar-refractivity contribution in [3.8, 4) is 0 Å². The van der Waals surface area contributed by atoms with Crippen LogP contribution in [0.25, 0.3) is 0 Å². The van der Waals surface area contributed by atoms with Gasteiger partial charge in [0.2, 0.25) is 0 Å². The first-order valence-corrected chi connectivity index (χ1v) is 6.82. The van der Waals surface area contributed by atoms with Gasteiger partial charge in [0.15, 0.2) is 0 Å². The van der Waals surface area contributed by atoms with Crippen molar-refractivity contribution in [1.82, 2.24) is 4.90 Å². The van der Waals surface area contributed by atoms with Gasteiger partial charge in [-0.1, -0.05) is 13.8 Å². The van der Waals surface area contributed by atoms with Crippen molar-refractivity contribution in [1.29, 1.82) is 5.41 Å². The largest absolute Gasteiger partial charge is 0.387 e. The molecule has 6 heteroatoms. The number of methoxy groups -OCH3 is 1. The van der Waals surface area contributed by atoms with Crippen LogP contribution in [0.2, 0.25) is 0 Å². The minimum Gasteiger partial charge on any atom is -0.387 e. The second-order valence-electron chi connectivity index (χ2n) is 4.47. The van der Waals surface area contributed by atoms with Crippen LogP contribution < -0.4 is 5.73 Å². The first-order chi connectivity index (χ1) is 9.11. The van der Waals surface area contributed by atoms with Crippen LogP contribution in [-0.2, 0) is 14.2 Å². The van der Waals surface area contributed by atoms with Gasteiger partial charge in [0.25, 0.3) is 0 Å². The standard InChI is InChI=1S/C13H29N3O3/c1-4-16(11-12(2)13(14)15)5-6-18-9-10-19-8-7-17-3/h12H,4-11H2,1-3H3,(H3,14,15). The summed E-state index contributed by atoms with van der Waals surface area (Å²) >= 11 is 0. The first kappa shape index (κ1) is 18.3. The number of rotatable bonds is 13. The highest BCUT2D eigenvalue weighted by Gasteiger charge is 2.10. The quantitative estimate of drug-likeness (QED) is 0.292. The molecule has 0 aromatic carbocycles. The summed E-state index contributed by atoms with van der Waals surface area (Å²) in [6.07, 6.45) is 0. The molecule has 3 N–H and O–H groups in total. The predicted octanol–water partition coefficient (Wildman–Crippen LogP) is 0.560. The summed E-state index contributed by atoms with van der Waals surface area (Å²) in [5.74, 6) is 0.336. The number of amidine groups is 1. The fourth-order valence-corrected chi connectivity index (χ4v) is 1.52. The van der Waals surface area contributed by atoms with Gasteiger partial charge in [-0.25, -0.2) is 0 Å². The Morgan fingerprint density at radius 2 is 1.74 bits per heavy atom. The molecule has 0 aliphatic heterocycles. The molecule has 114 valence electrons. The Morgan fingerprint density at radius 1 is 1.16 bits per heavy atom. The van der Waals surface area contributed by atoms with Gasteiger partial charge in [0.1, 0.15) is 0 Å². The van der Waals surface area contributed by atoms with E-state index in [0.29, 0.717) is 33.0 Å². The molecular formula is C13H29N3O3. The summed E-state index contributed by atoms with van der Waals surface area (Å²) in [4.78, 5) is 2.23. The van der Waals surface area contributed by atoms with Crippen LogP contribution in [0, 0.1) is 11.3 Å². The van der Waals surface area contributed by atoms with Crippen LogP contribution in [-0.4, -0.2) is 70.5 Å². The highest BCUT2D eigenvalue weighted by atomic mass is 16.5. The zero-order valence-corrected chi connectivity index (χ0v) is 12.5. The van der Waals surface area contributed by atoms with E-state index >= 15 is 0 Å². The Morgan fingerprint density at radius 3 is 2.26 bits per heavy atom. The Hall–Kier alpha value is -0.690. The molecular weight excluding hydrogens is 246 g/mol. The Balaban J connectivity index is 3.48. The third-order valence-electron chi connectivity index (χ3n) is 2.87. The number of likely N-dealkylation sites (N-methyl/N-ethyl adjacent to an activating group) is 1. The van der Waals surface area contributed by atoms with Gasteiger partial charge in [0, 0.05) is 26.1 Å². The lowest BCUT2D eigenvalue weighted by molar-refractivity contribution is 0.0194. The van der Waals surface area contributed by atoms with Crippen LogP contribution in [0.4, 0.5) is 0 Å². The molecule has 6 nitrogen and oxygen atoms in total. The fourth-order valence-electron chi connectivity index (χ4n) is 1.52. The van der Waals surface area contributed by atoms with E-state index in [-0.39, 0.29) is 11.8 Å². The van der Waals surface area contributed by atoms with E-state index in [9.17, 15) is 0 Å². The highest BCUT2D eigenvalue weighted by Crippen LogP contribution is 1.99. The Labute approximate surface area is 116 Å². The van der Waals surface area contributed by atoms with Crippen LogP contribution in [0.15, 0.2) is 0 Å². The summed E-state index contributed by atoms with van der Waals surface area (Å²) in [7, 11) is 1.65. The molecule has 0 saturated carbocycles. The minimum atomic E-state index is 0.0947. The summed E-state index contributed by atoms with van der Waals surface area (Å²) in [6, 6.07) is 0. The first-order valence-electron chi connectivity index (χ1n) is 6.82. The molecule has 0 bridgehead atoms. The smallest absolute Gasteiger partial charge is 0.0947 e. The van der Waals surface area contributed by atoms with E-state index in [1.807, 2.05) is 6.92 Å². The molecule has 19 heavy (non-hydrogen) atoms. The van der Waals surface area contributed by atoms with Crippen molar-refractivity contribution in [2.45, 2.75) is 13.8 Å². The molecule has 0 amide bonds. The molecule has 0 spiro atoms. The zero-order chi connectivity index (χ0) is 14.5. The van der Waals surface area contributed by atoms with Gasteiger partial charge < -0.3 is 24.8 Å². The lowest BCUT2D eigenvalue weighted by Crippen LogP contribution is -2.36. The van der Waals surface area contributed by atoms with Crippen LogP contribution >= 0.6 is 0 Å². The topological polar surface area (TPSA) is 80.8 Å². The van der Waals surface area contributed by atoms with Crippen molar-refractivity contribution < 1.29 is 14.2 Å². The van der Waals surface area contributed by atoms with Crippen molar-refractivity contribution in [3.05, 3.63) is 0 Å². The van der Waals surface area contributed by atoms with E-state index in [4.69, 9.17) is 25.4 Å². The van der Waals surface area contributed by atoms with Crippen LogP contribution in [0.3, 0.4) is 0 Å². The zero-order valence-electron chi connectivity index (χ0n) is 12.5. The average molecular weight is 275 g/mol. The average Bonchev–Trinajstić information content (AvgIpc) is 2.39.